The molecule has 1 amide bonds. The van der Waals surface area contributed by atoms with Gasteiger partial charge in [0.1, 0.15) is 11.5 Å². The maximum Gasteiger partial charge on any atom is 0.254 e. The van der Waals surface area contributed by atoms with Crippen molar-refractivity contribution in [3.8, 4) is 0 Å². The first-order valence-electron chi connectivity index (χ1n) is 6.13. The van der Waals surface area contributed by atoms with Crippen molar-refractivity contribution in [2.75, 3.05) is 12.8 Å². The number of anilines is 1. The molecular formula is C15H18N2O2. The minimum absolute atomic E-state index is 0.0653. The molecule has 19 heavy (non-hydrogen) atoms. The van der Waals surface area contributed by atoms with Gasteiger partial charge in [-0.25, -0.2) is 0 Å². The van der Waals surface area contributed by atoms with Crippen LogP contribution >= 0.6 is 0 Å². The third-order valence-corrected chi connectivity index (χ3v) is 2.88. The van der Waals surface area contributed by atoms with E-state index in [2.05, 4.69) is 0 Å². The first-order valence-corrected chi connectivity index (χ1v) is 6.13. The fourth-order valence-electron chi connectivity index (χ4n) is 2.03. The van der Waals surface area contributed by atoms with E-state index in [1.807, 2.05) is 38.1 Å². The summed E-state index contributed by atoms with van der Waals surface area (Å²) >= 11 is 0. The molecule has 2 aromatic rings. The highest BCUT2D eigenvalue weighted by Crippen LogP contribution is 2.15. The fourth-order valence-corrected chi connectivity index (χ4v) is 2.03. The van der Waals surface area contributed by atoms with E-state index in [0.29, 0.717) is 17.8 Å². The number of carbonyl (C=O) groups is 1. The minimum Gasteiger partial charge on any atom is -0.464 e. The second-order valence-corrected chi connectivity index (χ2v) is 4.81. The summed E-state index contributed by atoms with van der Waals surface area (Å²) in [7, 11) is 1.75. The number of nitrogens with two attached hydrogens (primary N) is 1. The zero-order valence-corrected chi connectivity index (χ0v) is 11.4. The molecule has 0 saturated carbocycles. The lowest BCUT2D eigenvalue weighted by molar-refractivity contribution is 0.0775. The lowest BCUT2D eigenvalue weighted by Gasteiger charge is -2.16. The molecule has 0 saturated heterocycles. The second-order valence-electron chi connectivity index (χ2n) is 4.81. The SMILES string of the molecule is Cc1cc(N)cc(C(=O)N(C)Cc2ccc(C)o2)c1. The average Bonchev–Trinajstić information content (AvgIpc) is 2.72. The summed E-state index contributed by atoms with van der Waals surface area (Å²) < 4.78 is 5.47. The minimum atomic E-state index is -0.0653. The van der Waals surface area contributed by atoms with E-state index < -0.39 is 0 Å². The number of amides is 1. The Morgan fingerprint density at radius 2 is 2.00 bits per heavy atom. The molecule has 0 radical (unpaired) electrons. The molecule has 2 N–H and O–H groups in total. The Balaban J connectivity index is 2.14. The summed E-state index contributed by atoms with van der Waals surface area (Å²) in [6.45, 7) is 4.25. The Hall–Kier alpha value is -2.23. The Kier molecular flexibility index (Phi) is 3.60. The molecule has 1 heterocycles. The predicted molar refractivity (Wildman–Crippen MR) is 74.8 cm³/mol. The third kappa shape index (κ3) is 3.16. The molecule has 100 valence electrons. The van der Waals surface area contributed by atoms with Crippen molar-refractivity contribution < 1.29 is 9.21 Å². The highest BCUT2D eigenvalue weighted by molar-refractivity contribution is 5.95. The summed E-state index contributed by atoms with van der Waals surface area (Å²) in [5.74, 6) is 1.55. The van der Waals surface area contributed by atoms with Crippen LogP contribution in [0.2, 0.25) is 0 Å². The van der Waals surface area contributed by atoms with E-state index >= 15 is 0 Å². The quantitative estimate of drug-likeness (QED) is 0.861. The van der Waals surface area contributed by atoms with E-state index in [4.69, 9.17) is 10.2 Å². The zero-order valence-electron chi connectivity index (χ0n) is 11.4. The van der Waals surface area contributed by atoms with E-state index in [-0.39, 0.29) is 5.91 Å². The van der Waals surface area contributed by atoms with Gasteiger partial charge in [0.05, 0.1) is 6.54 Å². The molecule has 0 aliphatic rings. The van der Waals surface area contributed by atoms with Crippen LogP contribution in [0.5, 0.6) is 0 Å². The molecule has 4 nitrogen and oxygen atoms in total. The first kappa shape index (κ1) is 13.2. The summed E-state index contributed by atoms with van der Waals surface area (Å²) in [6.07, 6.45) is 0. The maximum absolute atomic E-state index is 12.3. The van der Waals surface area contributed by atoms with Crippen LogP contribution in [0.15, 0.2) is 34.7 Å². The van der Waals surface area contributed by atoms with Gasteiger partial charge in [-0.15, -0.1) is 0 Å². The Morgan fingerprint density at radius 1 is 1.26 bits per heavy atom. The average molecular weight is 258 g/mol. The molecule has 2 rings (SSSR count). The van der Waals surface area contributed by atoms with Gasteiger partial charge in [0.2, 0.25) is 0 Å². The number of nitrogen functional groups attached to an aromatic ring is 1. The van der Waals surface area contributed by atoms with Crippen LogP contribution in [-0.4, -0.2) is 17.9 Å². The smallest absolute Gasteiger partial charge is 0.254 e. The van der Waals surface area contributed by atoms with Crippen LogP contribution in [0.25, 0.3) is 0 Å². The standard InChI is InChI=1S/C15H18N2O2/c1-10-6-12(8-13(16)7-10)15(18)17(3)9-14-5-4-11(2)19-14/h4-8H,9,16H2,1-3H3. The van der Waals surface area contributed by atoms with Crippen LogP contribution < -0.4 is 5.73 Å². The highest BCUT2D eigenvalue weighted by atomic mass is 16.3. The lowest BCUT2D eigenvalue weighted by atomic mass is 10.1. The van der Waals surface area contributed by atoms with E-state index in [0.717, 1.165) is 17.1 Å². The predicted octanol–water partition coefficient (Wildman–Crippen LogP) is 2.75. The Bertz CT molecular complexity index is 582. The van der Waals surface area contributed by atoms with Crippen molar-refractivity contribution in [3.05, 3.63) is 53.0 Å². The molecule has 0 aliphatic carbocycles. The van der Waals surface area contributed by atoms with Crippen LogP contribution in [0.3, 0.4) is 0 Å². The number of hydrogen-bond acceptors (Lipinski definition) is 3. The monoisotopic (exact) mass is 258 g/mol. The summed E-state index contributed by atoms with van der Waals surface area (Å²) in [6, 6.07) is 9.14. The molecule has 0 unspecified atom stereocenters. The molecule has 4 heteroatoms. The summed E-state index contributed by atoms with van der Waals surface area (Å²) in [5, 5.41) is 0. The number of carbonyl (C=O) groups excluding carboxylic acids is 1. The topological polar surface area (TPSA) is 59.5 Å². The normalized spacial score (nSPS) is 10.5. The number of nitrogens with zero attached hydrogens (tertiary/aromatic N) is 1. The number of aryl methyl sites for hydroxylation is 2. The van der Waals surface area contributed by atoms with Crippen LogP contribution in [0.1, 0.15) is 27.4 Å². The van der Waals surface area contributed by atoms with Gasteiger partial charge in [-0.05, 0) is 49.7 Å². The van der Waals surface area contributed by atoms with Crippen LogP contribution in [-0.2, 0) is 6.54 Å². The molecule has 0 spiro atoms. The Labute approximate surface area is 112 Å². The van der Waals surface area contributed by atoms with Gasteiger partial charge >= 0.3 is 0 Å². The molecule has 0 aliphatic heterocycles. The van der Waals surface area contributed by atoms with Gasteiger partial charge in [0, 0.05) is 18.3 Å². The first-order chi connectivity index (χ1) is 8.95. The molecular weight excluding hydrogens is 240 g/mol. The number of benzene rings is 1. The highest BCUT2D eigenvalue weighted by Gasteiger charge is 2.14. The summed E-state index contributed by atoms with van der Waals surface area (Å²) in [4.78, 5) is 13.9. The van der Waals surface area contributed by atoms with Crippen LogP contribution in [0, 0.1) is 13.8 Å². The zero-order chi connectivity index (χ0) is 14.0. The van der Waals surface area contributed by atoms with Gasteiger partial charge < -0.3 is 15.1 Å². The van der Waals surface area contributed by atoms with Gasteiger partial charge in [0.25, 0.3) is 5.91 Å². The largest absolute Gasteiger partial charge is 0.464 e. The molecule has 0 atom stereocenters. The van der Waals surface area contributed by atoms with Gasteiger partial charge in [-0.3, -0.25) is 4.79 Å². The third-order valence-electron chi connectivity index (χ3n) is 2.88. The number of furan rings is 1. The van der Waals surface area contributed by atoms with Crippen molar-refractivity contribution in [2.45, 2.75) is 20.4 Å². The van der Waals surface area contributed by atoms with Gasteiger partial charge in [-0.1, -0.05) is 0 Å². The Morgan fingerprint density at radius 3 is 2.58 bits per heavy atom. The van der Waals surface area contributed by atoms with Crippen molar-refractivity contribution in [2.24, 2.45) is 0 Å². The summed E-state index contributed by atoms with van der Waals surface area (Å²) in [5.41, 5.74) is 7.94. The van der Waals surface area contributed by atoms with E-state index in [1.54, 1.807) is 18.0 Å². The van der Waals surface area contributed by atoms with Crippen LogP contribution in [0.4, 0.5) is 5.69 Å². The van der Waals surface area contributed by atoms with Crippen molar-refractivity contribution in [1.29, 1.82) is 0 Å². The second kappa shape index (κ2) is 5.18. The van der Waals surface area contributed by atoms with Crippen molar-refractivity contribution in [1.82, 2.24) is 4.90 Å². The molecule has 0 bridgehead atoms. The molecule has 1 aromatic carbocycles. The maximum atomic E-state index is 12.3. The van der Waals surface area contributed by atoms with E-state index in [1.165, 1.54) is 0 Å². The number of hydrogen-bond donors (Lipinski definition) is 1. The van der Waals surface area contributed by atoms with Crippen molar-refractivity contribution in [3.63, 3.8) is 0 Å². The van der Waals surface area contributed by atoms with E-state index in [9.17, 15) is 4.79 Å². The fraction of sp³-hybridized carbons (Fsp3) is 0.267. The number of rotatable bonds is 3. The van der Waals surface area contributed by atoms with Crippen molar-refractivity contribution >= 4 is 11.6 Å². The molecule has 0 fully saturated rings. The van der Waals surface area contributed by atoms with Gasteiger partial charge in [-0.2, -0.15) is 0 Å². The lowest BCUT2D eigenvalue weighted by Crippen LogP contribution is -2.26. The van der Waals surface area contributed by atoms with Gasteiger partial charge in [0.15, 0.2) is 0 Å². The molecule has 1 aromatic heterocycles.